The standard InChI is InChI=1S/C24H22N2O3/c1-28-19-12-10-18(11-13-19)22-15-24(27)26(23-9-4-3-8-21(23)25-22)16-17-6-5-7-20(14-17)29-2/h3-14H,15-16H2,1-2H3. The third-order valence-electron chi connectivity index (χ3n) is 4.95. The molecule has 1 aliphatic heterocycles. The van der Waals surface area contributed by atoms with E-state index in [0.29, 0.717) is 6.54 Å². The van der Waals surface area contributed by atoms with Gasteiger partial charge in [0.25, 0.3) is 0 Å². The van der Waals surface area contributed by atoms with Crippen molar-refractivity contribution >= 4 is 23.0 Å². The number of aliphatic imine (C=N–C) groups is 1. The number of fused-ring (bicyclic) bond motifs is 1. The molecule has 0 saturated heterocycles. The lowest BCUT2D eigenvalue weighted by molar-refractivity contribution is -0.117. The zero-order valence-electron chi connectivity index (χ0n) is 16.5. The van der Waals surface area contributed by atoms with Gasteiger partial charge in [0.2, 0.25) is 5.91 Å². The Hall–Kier alpha value is -3.60. The van der Waals surface area contributed by atoms with Crippen molar-refractivity contribution in [3.05, 3.63) is 83.9 Å². The summed E-state index contributed by atoms with van der Waals surface area (Å²) in [6.45, 7) is 0.457. The highest BCUT2D eigenvalue weighted by Crippen LogP contribution is 2.34. The number of ether oxygens (including phenoxy) is 2. The van der Waals surface area contributed by atoms with Gasteiger partial charge in [-0.2, -0.15) is 0 Å². The Balaban J connectivity index is 1.70. The molecule has 1 heterocycles. The largest absolute Gasteiger partial charge is 0.497 e. The minimum Gasteiger partial charge on any atom is -0.497 e. The summed E-state index contributed by atoms with van der Waals surface area (Å²) < 4.78 is 10.6. The van der Waals surface area contributed by atoms with Crippen LogP contribution in [0.1, 0.15) is 17.5 Å². The third-order valence-corrected chi connectivity index (χ3v) is 4.95. The van der Waals surface area contributed by atoms with Gasteiger partial charge in [-0.15, -0.1) is 0 Å². The number of anilines is 1. The van der Waals surface area contributed by atoms with Gasteiger partial charge in [0, 0.05) is 0 Å². The summed E-state index contributed by atoms with van der Waals surface area (Å²) in [6.07, 6.45) is 0.227. The lowest BCUT2D eigenvalue weighted by Gasteiger charge is -2.22. The van der Waals surface area contributed by atoms with Crippen LogP contribution in [0.4, 0.5) is 11.4 Å². The number of hydrogen-bond donors (Lipinski definition) is 0. The van der Waals surface area contributed by atoms with Crippen LogP contribution < -0.4 is 14.4 Å². The number of carbonyl (C=O) groups excluding carboxylic acids is 1. The van der Waals surface area contributed by atoms with Gasteiger partial charge >= 0.3 is 0 Å². The van der Waals surface area contributed by atoms with E-state index in [0.717, 1.165) is 39.7 Å². The van der Waals surface area contributed by atoms with E-state index in [1.807, 2.05) is 72.8 Å². The molecule has 0 atom stereocenters. The number of benzene rings is 3. The monoisotopic (exact) mass is 386 g/mol. The van der Waals surface area contributed by atoms with Crippen molar-refractivity contribution in [2.24, 2.45) is 4.99 Å². The summed E-state index contributed by atoms with van der Waals surface area (Å²) >= 11 is 0. The predicted octanol–water partition coefficient (Wildman–Crippen LogP) is 4.76. The molecule has 0 aromatic heterocycles. The maximum atomic E-state index is 13.2. The van der Waals surface area contributed by atoms with E-state index < -0.39 is 0 Å². The van der Waals surface area contributed by atoms with Crippen molar-refractivity contribution in [2.45, 2.75) is 13.0 Å². The van der Waals surface area contributed by atoms with E-state index in [2.05, 4.69) is 0 Å². The Morgan fingerprint density at radius 2 is 1.66 bits per heavy atom. The first-order valence-corrected chi connectivity index (χ1v) is 9.42. The van der Waals surface area contributed by atoms with E-state index in [1.54, 1.807) is 19.1 Å². The van der Waals surface area contributed by atoms with Crippen molar-refractivity contribution in [3.63, 3.8) is 0 Å². The second-order valence-electron chi connectivity index (χ2n) is 6.78. The van der Waals surface area contributed by atoms with Crippen LogP contribution in [0, 0.1) is 0 Å². The summed E-state index contributed by atoms with van der Waals surface area (Å²) in [5.74, 6) is 1.55. The molecular weight excluding hydrogens is 364 g/mol. The maximum absolute atomic E-state index is 13.2. The van der Waals surface area contributed by atoms with Crippen LogP contribution in [-0.2, 0) is 11.3 Å². The minimum atomic E-state index is 0.00679. The molecule has 4 rings (SSSR count). The first-order valence-electron chi connectivity index (χ1n) is 9.42. The van der Waals surface area contributed by atoms with Gasteiger partial charge in [0.1, 0.15) is 11.5 Å². The summed E-state index contributed by atoms with van der Waals surface area (Å²) in [7, 11) is 3.27. The lowest BCUT2D eigenvalue weighted by atomic mass is 10.1. The van der Waals surface area contributed by atoms with Crippen molar-refractivity contribution in [1.82, 2.24) is 0 Å². The zero-order valence-corrected chi connectivity index (χ0v) is 16.5. The Morgan fingerprint density at radius 3 is 2.41 bits per heavy atom. The SMILES string of the molecule is COc1ccc(C2=Nc3ccccc3N(Cc3cccc(OC)c3)C(=O)C2)cc1. The molecular formula is C24H22N2O3. The molecule has 29 heavy (non-hydrogen) atoms. The molecule has 0 saturated carbocycles. The molecule has 0 fully saturated rings. The quantitative estimate of drug-likeness (QED) is 0.635. The number of methoxy groups -OCH3 is 2. The topological polar surface area (TPSA) is 51.1 Å². The smallest absolute Gasteiger partial charge is 0.233 e. The second kappa shape index (κ2) is 8.19. The molecule has 0 unspecified atom stereocenters. The first-order chi connectivity index (χ1) is 14.2. The molecule has 1 aliphatic rings. The first kappa shape index (κ1) is 18.7. The molecule has 0 spiro atoms. The van der Waals surface area contributed by atoms with Gasteiger partial charge in [-0.25, -0.2) is 0 Å². The highest BCUT2D eigenvalue weighted by Gasteiger charge is 2.25. The molecule has 3 aromatic rings. The minimum absolute atomic E-state index is 0.00679. The van der Waals surface area contributed by atoms with Gasteiger partial charge in [-0.1, -0.05) is 24.3 Å². The van der Waals surface area contributed by atoms with Gasteiger partial charge < -0.3 is 14.4 Å². The summed E-state index contributed by atoms with van der Waals surface area (Å²) in [6, 6.07) is 23.2. The van der Waals surface area contributed by atoms with Gasteiger partial charge in [-0.05, 0) is 59.7 Å². The molecule has 0 aliphatic carbocycles. The third kappa shape index (κ3) is 3.99. The number of hydrogen-bond acceptors (Lipinski definition) is 4. The predicted molar refractivity (Wildman–Crippen MR) is 114 cm³/mol. The van der Waals surface area contributed by atoms with E-state index in [9.17, 15) is 4.79 Å². The highest BCUT2D eigenvalue weighted by atomic mass is 16.5. The van der Waals surface area contributed by atoms with E-state index in [1.165, 1.54) is 0 Å². The fraction of sp³-hybridized carbons (Fsp3) is 0.167. The number of rotatable bonds is 5. The van der Waals surface area contributed by atoms with Crippen molar-refractivity contribution in [2.75, 3.05) is 19.1 Å². The van der Waals surface area contributed by atoms with Crippen molar-refractivity contribution in [1.29, 1.82) is 0 Å². The van der Waals surface area contributed by atoms with Gasteiger partial charge in [0.15, 0.2) is 0 Å². The molecule has 1 amide bonds. The molecule has 3 aromatic carbocycles. The molecule has 146 valence electrons. The van der Waals surface area contributed by atoms with Gasteiger partial charge in [-0.3, -0.25) is 9.79 Å². The van der Waals surface area contributed by atoms with Gasteiger partial charge in [0.05, 0.1) is 44.3 Å². The van der Waals surface area contributed by atoms with E-state index >= 15 is 0 Å². The Bertz CT molecular complexity index is 1060. The zero-order chi connectivity index (χ0) is 20.2. The molecule has 5 nitrogen and oxygen atoms in total. The molecule has 5 heteroatoms. The van der Waals surface area contributed by atoms with Crippen LogP contribution in [0.3, 0.4) is 0 Å². The van der Waals surface area contributed by atoms with Crippen LogP contribution >= 0.6 is 0 Å². The second-order valence-corrected chi connectivity index (χ2v) is 6.78. The van der Waals surface area contributed by atoms with Crippen molar-refractivity contribution < 1.29 is 14.3 Å². The summed E-state index contributed by atoms with van der Waals surface area (Å²) in [4.78, 5) is 19.9. The van der Waals surface area contributed by atoms with E-state index in [-0.39, 0.29) is 12.3 Å². The molecule has 0 radical (unpaired) electrons. The Kier molecular flexibility index (Phi) is 5.29. The fourth-order valence-electron chi connectivity index (χ4n) is 3.42. The normalized spacial score (nSPS) is 13.4. The number of nitrogens with zero attached hydrogens (tertiary/aromatic N) is 2. The Labute approximate surface area is 170 Å². The highest BCUT2D eigenvalue weighted by molar-refractivity contribution is 6.17. The molecule has 0 N–H and O–H groups in total. The maximum Gasteiger partial charge on any atom is 0.233 e. The summed E-state index contributed by atoms with van der Waals surface area (Å²) in [5, 5.41) is 0. The fourth-order valence-corrected chi connectivity index (χ4v) is 3.42. The van der Waals surface area contributed by atoms with E-state index in [4.69, 9.17) is 14.5 Å². The lowest BCUT2D eigenvalue weighted by Crippen LogP contribution is -2.31. The number of para-hydroxylation sites is 2. The van der Waals surface area contributed by atoms with Crippen LogP contribution in [0.15, 0.2) is 77.8 Å². The van der Waals surface area contributed by atoms with Crippen molar-refractivity contribution in [3.8, 4) is 11.5 Å². The Morgan fingerprint density at radius 1 is 0.897 bits per heavy atom. The number of carbonyl (C=O) groups is 1. The number of amides is 1. The van der Waals surface area contributed by atoms with Crippen LogP contribution in [0.25, 0.3) is 0 Å². The average Bonchev–Trinajstić information content (AvgIpc) is 2.90. The van der Waals surface area contributed by atoms with Crippen LogP contribution in [0.5, 0.6) is 11.5 Å². The van der Waals surface area contributed by atoms with Crippen LogP contribution in [0.2, 0.25) is 0 Å². The molecule has 0 bridgehead atoms. The van der Waals surface area contributed by atoms with Crippen LogP contribution in [-0.4, -0.2) is 25.8 Å². The average molecular weight is 386 g/mol. The summed E-state index contributed by atoms with van der Waals surface area (Å²) in [5.41, 5.74) is 4.26.